The third-order valence-corrected chi connectivity index (χ3v) is 4.17. The third kappa shape index (κ3) is 2.54. The molecule has 2 N–H and O–H groups in total. The lowest BCUT2D eigenvalue weighted by atomic mass is 9.95. The van der Waals surface area contributed by atoms with Gasteiger partial charge in [-0.15, -0.1) is 0 Å². The number of likely N-dealkylation sites (N-methyl/N-ethyl adjacent to an activating group) is 1. The van der Waals surface area contributed by atoms with Gasteiger partial charge >= 0.3 is 12.0 Å². The van der Waals surface area contributed by atoms with Gasteiger partial charge in [-0.05, 0) is 40.0 Å². The molecular formula is C13H22N2O4. The molecule has 2 amide bonds. The van der Waals surface area contributed by atoms with Crippen LogP contribution in [0, 0.1) is 0 Å². The average Bonchev–Trinajstić information content (AvgIpc) is 2.91. The molecule has 0 aromatic rings. The van der Waals surface area contributed by atoms with Crippen LogP contribution in [0.3, 0.4) is 0 Å². The van der Waals surface area contributed by atoms with Crippen molar-refractivity contribution in [3.05, 3.63) is 0 Å². The van der Waals surface area contributed by atoms with Gasteiger partial charge in [0.1, 0.15) is 5.54 Å². The molecule has 0 aromatic carbocycles. The van der Waals surface area contributed by atoms with E-state index < -0.39 is 11.5 Å². The Kier molecular flexibility index (Phi) is 3.71. The number of urea groups is 1. The number of carbonyl (C=O) groups is 2. The maximum Gasteiger partial charge on any atom is 0.329 e. The number of carbonyl (C=O) groups excluding carboxylic acids is 1. The van der Waals surface area contributed by atoms with Crippen LogP contribution in [0.15, 0.2) is 0 Å². The van der Waals surface area contributed by atoms with Gasteiger partial charge in [0.05, 0.1) is 18.2 Å². The Labute approximate surface area is 113 Å². The third-order valence-electron chi connectivity index (χ3n) is 4.17. The smallest absolute Gasteiger partial charge is 0.329 e. The number of nitrogens with one attached hydrogen (secondary N) is 1. The fourth-order valence-corrected chi connectivity index (χ4v) is 2.93. The van der Waals surface area contributed by atoms with E-state index in [0.717, 1.165) is 19.3 Å². The van der Waals surface area contributed by atoms with E-state index >= 15 is 0 Å². The molecule has 0 saturated carbocycles. The van der Waals surface area contributed by atoms with Crippen molar-refractivity contribution in [1.29, 1.82) is 0 Å². The summed E-state index contributed by atoms with van der Waals surface area (Å²) in [6.07, 6.45) is 3.24. The number of hydrogen-bond acceptors (Lipinski definition) is 3. The molecule has 2 heterocycles. The van der Waals surface area contributed by atoms with Crippen molar-refractivity contribution < 1.29 is 19.4 Å². The van der Waals surface area contributed by atoms with Gasteiger partial charge in [0.25, 0.3) is 0 Å². The van der Waals surface area contributed by atoms with E-state index in [1.165, 1.54) is 18.7 Å². The summed E-state index contributed by atoms with van der Waals surface area (Å²) >= 11 is 0. The van der Waals surface area contributed by atoms with E-state index in [1.807, 2.05) is 0 Å². The second kappa shape index (κ2) is 5.00. The highest BCUT2D eigenvalue weighted by molar-refractivity contribution is 5.85. The number of fused-ring (bicyclic) bond motifs is 2. The van der Waals surface area contributed by atoms with Gasteiger partial charge < -0.3 is 20.1 Å². The number of rotatable bonds is 4. The van der Waals surface area contributed by atoms with Crippen LogP contribution in [0.2, 0.25) is 0 Å². The molecule has 2 bridgehead atoms. The molecule has 0 aromatic heterocycles. The number of ether oxygens (including phenoxy) is 1. The number of hydrogen-bond donors (Lipinski definition) is 2. The summed E-state index contributed by atoms with van der Waals surface area (Å²) in [6.45, 7) is 5.21. The van der Waals surface area contributed by atoms with E-state index in [4.69, 9.17) is 4.74 Å². The van der Waals surface area contributed by atoms with Gasteiger partial charge in [-0.3, -0.25) is 0 Å². The quantitative estimate of drug-likeness (QED) is 0.804. The summed E-state index contributed by atoms with van der Waals surface area (Å²) in [4.78, 5) is 24.8. The van der Waals surface area contributed by atoms with Crippen LogP contribution < -0.4 is 5.32 Å². The Bertz CT molecular complexity index is 383. The molecule has 3 atom stereocenters. The Morgan fingerprint density at radius 2 is 2.11 bits per heavy atom. The normalized spacial score (nSPS) is 29.3. The lowest BCUT2D eigenvalue weighted by molar-refractivity contribution is -0.147. The number of carboxylic acid groups (broad SMARTS) is 1. The Morgan fingerprint density at radius 3 is 2.53 bits per heavy atom. The highest BCUT2D eigenvalue weighted by Crippen LogP contribution is 2.34. The number of amides is 2. The summed E-state index contributed by atoms with van der Waals surface area (Å²) in [7, 11) is 0. The SMILES string of the molecule is CCN(C(=O)NC1CC2CCC1O2)C(C)(C)C(=O)O. The predicted octanol–water partition coefficient (Wildman–Crippen LogP) is 1.20. The van der Waals surface area contributed by atoms with Crippen LogP contribution in [-0.4, -0.2) is 52.3 Å². The van der Waals surface area contributed by atoms with Crippen molar-refractivity contribution in [3.63, 3.8) is 0 Å². The molecule has 2 saturated heterocycles. The Hall–Kier alpha value is -1.30. The zero-order valence-corrected chi connectivity index (χ0v) is 11.7. The molecule has 2 rings (SSSR count). The molecule has 2 fully saturated rings. The molecule has 19 heavy (non-hydrogen) atoms. The first-order chi connectivity index (χ1) is 8.86. The summed E-state index contributed by atoms with van der Waals surface area (Å²) in [5, 5.41) is 12.1. The Morgan fingerprint density at radius 1 is 1.42 bits per heavy atom. The molecule has 0 radical (unpaired) electrons. The first-order valence-corrected chi connectivity index (χ1v) is 6.83. The first-order valence-electron chi connectivity index (χ1n) is 6.83. The van der Waals surface area contributed by atoms with Crippen molar-refractivity contribution >= 4 is 12.0 Å². The van der Waals surface area contributed by atoms with Crippen LogP contribution in [0.25, 0.3) is 0 Å². The zero-order valence-electron chi connectivity index (χ0n) is 11.7. The van der Waals surface area contributed by atoms with Crippen molar-refractivity contribution in [2.75, 3.05) is 6.54 Å². The molecule has 6 heteroatoms. The van der Waals surface area contributed by atoms with E-state index in [2.05, 4.69) is 5.32 Å². The molecule has 108 valence electrons. The standard InChI is InChI=1S/C13H22N2O4/c1-4-15(13(2,3)11(16)17)12(18)14-9-7-8-5-6-10(9)19-8/h8-10H,4-7H2,1-3H3,(H,14,18)(H,16,17). The van der Waals surface area contributed by atoms with Crippen molar-refractivity contribution in [2.45, 2.75) is 63.8 Å². The highest BCUT2D eigenvalue weighted by Gasteiger charge is 2.43. The summed E-state index contributed by atoms with van der Waals surface area (Å²) < 4.78 is 5.68. The maximum absolute atomic E-state index is 12.3. The molecule has 2 aliphatic rings. The van der Waals surface area contributed by atoms with Crippen LogP contribution in [0.1, 0.15) is 40.0 Å². The fourth-order valence-electron chi connectivity index (χ4n) is 2.93. The van der Waals surface area contributed by atoms with Crippen LogP contribution >= 0.6 is 0 Å². The second-order valence-corrected chi connectivity index (χ2v) is 5.77. The molecular weight excluding hydrogens is 248 g/mol. The van der Waals surface area contributed by atoms with E-state index in [1.54, 1.807) is 6.92 Å². The summed E-state index contributed by atoms with van der Waals surface area (Å²) in [6, 6.07) is -0.305. The van der Waals surface area contributed by atoms with Gasteiger partial charge in [0, 0.05) is 6.54 Å². The minimum absolute atomic E-state index is 0.0184. The second-order valence-electron chi connectivity index (χ2n) is 5.77. The van der Waals surface area contributed by atoms with Gasteiger partial charge in [0.2, 0.25) is 0 Å². The maximum atomic E-state index is 12.3. The first kappa shape index (κ1) is 14.1. The number of carboxylic acids is 1. The lowest BCUT2D eigenvalue weighted by Crippen LogP contribution is -2.58. The van der Waals surface area contributed by atoms with Gasteiger partial charge in [0.15, 0.2) is 0 Å². The van der Waals surface area contributed by atoms with Crippen molar-refractivity contribution in [3.8, 4) is 0 Å². The highest BCUT2D eigenvalue weighted by atomic mass is 16.5. The van der Waals surface area contributed by atoms with Gasteiger partial charge in [-0.1, -0.05) is 0 Å². The van der Waals surface area contributed by atoms with Crippen molar-refractivity contribution in [2.24, 2.45) is 0 Å². The molecule has 0 aliphatic carbocycles. The average molecular weight is 270 g/mol. The van der Waals surface area contributed by atoms with Crippen LogP contribution in [0.5, 0.6) is 0 Å². The van der Waals surface area contributed by atoms with Gasteiger partial charge in [-0.2, -0.15) is 0 Å². The monoisotopic (exact) mass is 270 g/mol. The molecule has 6 nitrogen and oxygen atoms in total. The minimum atomic E-state index is -1.21. The minimum Gasteiger partial charge on any atom is -0.480 e. The largest absolute Gasteiger partial charge is 0.480 e. The summed E-state index contributed by atoms with van der Waals surface area (Å²) in [5.41, 5.74) is -1.21. The zero-order chi connectivity index (χ0) is 14.2. The van der Waals surface area contributed by atoms with Crippen LogP contribution in [0.4, 0.5) is 4.79 Å². The number of nitrogens with zero attached hydrogens (tertiary/aromatic N) is 1. The number of aliphatic carboxylic acids is 1. The molecule has 2 aliphatic heterocycles. The predicted molar refractivity (Wildman–Crippen MR) is 68.9 cm³/mol. The summed E-state index contributed by atoms with van der Waals surface area (Å²) in [5.74, 6) is -1.01. The van der Waals surface area contributed by atoms with Crippen molar-refractivity contribution in [1.82, 2.24) is 10.2 Å². The Balaban J connectivity index is 2.00. The van der Waals surface area contributed by atoms with E-state index in [9.17, 15) is 14.7 Å². The van der Waals surface area contributed by atoms with Gasteiger partial charge in [-0.25, -0.2) is 9.59 Å². The van der Waals surface area contributed by atoms with Crippen LogP contribution in [-0.2, 0) is 9.53 Å². The van der Waals surface area contributed by atoms with E-state index in [0.29, 0.717) is 6.54 Å². The van der Waals surface area contributed by atoms with E-state index in [-0.39, 0.29) is 24.3 Å². The molecule has 0 spiro atoms. The topological polar surface area (TPSA) is 78.9 Å². The molecule has 3 unspecified atom stereocenters. The lowest BCUT2D eigenvalue weighted by Gasteiger charge is -2.35. The fraction of sp³-hybridized carbons (Fsp3) is 0.846.